The molecule has 1 N–H and O–H groups in total. The lowest BCUT2D eigenvalue weighted by Crippen LogP contribution is -2.36. The highest BCUT2D eigenvalue weighted by molar-refractivity contribution is 8.18. The van der Waals surface area contributed by atoms with Gasteiger partial charge in [0.25, 0.3) is 16.8 Å². The summed E-state index contributed by atoms with van der Waals surface area (Å²) in [5, 5.41) is 13.2. The van der Waals surface area contributed by atoms with Crippen LogP contribution >= 0.6 is 23.5 Å². The van der Waals surface area contributed by atoms with Gasteiger partial charge < -0.3 is 9.50 Å². The van der Waals surface area contributed by atoms with Gasteiger partial charge in [0.1, 0.15) is 17.2 Å². The van der Waals surface area contributed by atoms with Crippen LogP contribution in [0.3, 0.4) is 0 Å². The Morgan fingerprint density at radius 2 is 1.85 bits per heavy atom. The van der Waals surface area contributed by atoms with Gasteiger partial charge in [-0.15, -0.1) is 11.8 Å². The summed E-state index contributed by atoms with van der Waals surface area (Å²) in [5.74, 6) is -1.22. The molecule has 0 atom stereocenters. The van der Waals surface area contributed by atoms with Crippen molar-refractivity contribution in [3.8, 4) is 5.75 Å². The third-order valence-electron chi connectivity index (χ3n) is 5.58. The molecule has 11 nitrogen and oxygen atoms in total. The van der Waals surface area contributed by atoms with Crippen LogP contribution in [0.1, 0.15) is 11.1 Å². The van der Waals surface area contributed by atoms with E-state index in [0.717, 1.165) is 15.9 Å². The summed E-state index contributed by atoms with van der Waals surface area (Å²) >= 11 is 2.19. The molecule has 4 rings (SSSR count). The highest BCUT2D eigenvalue weighted by Crippen LogP contribution is 2.33. The van der Waals surface area contributed by atoms with Crippen LogP contribution in [0.4, 0.5) is 16.2 Å². The van der Waals surface area contributed by atoms with Crippen molar-refractivity contribution in [1.29, 1.82) is 0 Å². The first-order valence-corrected chi connectivity index (χ1v) is 14.9. The zero-order valence-electron chi connectivity index (χ0n) is 21.0. The van der Waals surface area contributed by atoms with Gasteiger partial charge in [-0.1, -0.05) is 24.3 Å². The molecule has 1 fully saturated rings. The SMILES string of the molecule is CSc1cccc(NC(=O)CN2C(=O)S/C(=C\c3ccc(OS(=O)(=O)c4ccc(C)c([N+](=O)[O-])c4)cc3)C2=O)c1. The van der Waals surface area contributed by atoms with E-state index in [2.05, 4.69) is 5.32 Å². The van der Waals surface area contributed by atoms with Gasteiger partial charge in [0, 0.05) is 22.2 Å². The predicted octanol–water partition coefficient (Wildman–Crippen LogP) is 5.07. The van der Waals surface area contributed by atoms with Crippen molar-refractivity contribution in [2.75, 3.05) is 18.1 Å². The van der Waals surface area contributed by atoms with Gasteiger partial charge in [-0.3, -0.25) is 29.4 Å². The molecule has 0 spiro atoms. The number of imide groups is 1. The lowest BCUT2D eigenvalue weighted by atomic mass is 10.2. The molecular formula is C26H21N3O8S3. The van der Waals surface area contributed by atoms with Crippen LogP contribution in [-0.4, -0.2) is 48.1 Å². The van der Waals surface area contributed by atoms with E-state index in [9.17, 15) is 32.9 Å². The number of carbonyl (C=O) groups is 3. The maximum atomic E-state index is 12.8. The Hall–Kier alpha value is -4.14. The van der Waals surface area contributed by atoms with Crippen molar-refractivity contribution in [3.63, 3.8) is 0 Å². The largest absolute Gasteiger partial charge is 0.379 e. The fourth-order valence-corrected chi connectivity index (χ4v) is 5.82. The van der Waals surface area contributed by atoms with Gasteiger partial charge in [0.2, 0.25) is 5.91 Å². The molecule has 1 aliphatic heterocycles. The first kappa shape index (κ1) is 28.9. The van der Waals surface area contributed by atoms with Crippen LogP contribution in [0.25, 0.3) is 6.08 Å². The molecular weight excluding hydrogens is 579 g/mol. The second-order valence-corrected chi connectivity index (χ2v) is 11.8. The molecule has 1 aliphatic rings. The van der Waals surface area contributed by atoms with E-state index in [0.29, 0.717) is 28.6 Å². The fraction of sp³-hybridized carbons (Fsp3) is 0.115. The maximum absolute atomic E-state index is 12.8. The molecule has 1 heterocycles. The number of nitro benzene ring substituents is 1. The van der Waals surface area contributed by atoms with E-state index in [-0.39, 0.29) is 21.2 Å². The van der Waals surface area contributed by atoms with Gasteiger partial charge in [-0.05, 0) is 73.0 Å². The molecule has 3 amide bonds. The number of amides is 3. The van der Waals surface area contributed by atoms with Crippen LogP contribution in [0.2, 0.25) is 0 Å². The minimum atomic E-state index is -4.35. The summed E-state index contributed by atoms with van der Waals surface area (Å²) in [5.41, 5.74) is 0.972. The van der Waals surface area contributed by atoms with Crippen LogP contribution in [0, 0.1) is 17.0 Å². The van der Waals surface area contributed by atoms with E-state index in [1.807, 2.05) is 12.3 Å². The smallest absolute Gasteiger partial charge is 0.339 e. The molecule has 0 aliphatic carbocycles. The zero-order chi connectivity index (χ0) is 29.0. The van der Waals surface area contributed by atoms with Gasteiger partial charge in [-0.25, -0.2) is 0 Å². The lowest BCUT2D eigenvalue weighted by Gasteiger charge is -2.12. The topological polar surface area (TPSA) is 153 Å². The molecule has 0 unspecified atom stereocenters. The van der Waals surface area contributed by atoms with Crippen molar-refractivity contribution in [1.82, 2.24) is 4.90 Å². The van der Waals surface area contributed by atoms with Crippen molar-refractivity contribution < 1.29 is 31.9 Å². The Labute approximate surface area is 237 Å². The highest BCUT2D eigenvalue weighted by atomic mass is 32.2. The first-order valence-electron chi connectivity index (χ1n) is 11.5. The Bertz CT molecular complexity index is 1650. The molecule has 0 bridgehead atoms. The second kappa shape index (κ2) is 11.9. The summed E-state index contributed by atoms with van der Waals surface area (Å²) in [4.78, 5) is 49.7. The number of benzene rings is 3. The van der Waals surface area contributed by atoms with E-state index in [1.54, 1.807) is 18.2 Å². The number of hydrogen-bond acceptors (Lipinski definition) is 10. The molecule has 3 aromatic rings. The van der Waals surface area contributed by atoms with Gasteiger partial charge >= 0.3 is 10.1 Å². The summed E-state index contributed by atoms with van der Waals surface area (Å²) in [6, 6.07) is 16.2. The molecule has 3 aromatic carbocycles. The molecule has 206 valence electrons. The number of nitrogens with one attached hydrogen (secondary N) is 1. The standard InChI is InChI=1S/C26H21N3O8S3/c1-16-6-11-21(14-22(16)29(33)34)40(35,36)37-19-9-7-17(8-10-19)12-23-25(31)28(26(32)39-23)15-24(30)27-18-4-3-5-20(13-18)38-2/h3-14H,15H2,1-2H3,(H,27,30)/b23-12-. The quantitative estimate of drug-likeness (QED) is 0.116. The summed E-state index contributed by atoms with van der Waals surface area (Å²) < 4.78 is 30.3. The minimum Gasteiger partial charge on any atom is -0.379 e. The van der Waals surface area contributed by atoms with E-state index < -0.39 is 38.6 Å². The summed E-state index contributed by atoms with van der Waals surface area (Å²) in [6.45, 7) is 1.04. The number of hydrogen-bond donors (Lipinski definition) is 1. The third-order valence-corrected chi connectivity index (χ3v) is 8.45. The number of nitro groups is 1. The number of anilines is 1. The second-order valence-electron chi connectivity index (χ2n) is 8.36. The average molecular weight is 600 g/mol. The Morgan fingerprint density at radius 1 is 1.12 bits per heavy atom. The molecule has 40 heavy (non-hydrogen) atoms. The van der Waals surface area contributed by atoms with E-state index in [1.165, 1.54) is 61.2 Å². The number of carbonyl (C=O) groups excluding carboxylic acids is 3. The van der Waals surface area contributed by atoms with Gasteiger partial charge in [0.15, 0.2) is 0 Å². The van der Waals surface area contributed by atoms with Crippen molar-refractivity contribution in [2.24, 2.45) is 0 Å². The van der Waals surface area contributed by atoms with Crippen molar-refractivity contribution >= 4 is 68.1 Å². The van der Waals surface area contributed by atoms with Gasteiger partial charge in [0.05, 0.1) is 9.83 Å². The molecule has 0 aromatic heterocycles. The van der Waals surface area contributed by atoms with Crippen LogP contribution in [0.5, 0.6) is 5.75 Å². The molecule has 14 heteroatoms. The van der Waals surface area contributed by atoms with Crippen LogP contribution in [-0.2, 0) is 19.7 Å². The van der Waals surface area contributed by atoms with Crippen LogP contribution in [0.15, 0.2) is 81.4 Å². The average Bonchev–Trinajstić information content (AvgIpc) is 3.16. The number of nitrogens with zero attached hydrogens (tertiary/aromatic N) is 2. The number of aryl methyl sites for hydroxylation is 1. The minimum absolute atomic E-state index is 0.0595. The highest BCUT2D eigenvalue weighted by Gasteiger charge is 2.36. The number of thioether (sulfide) groups is 2. The Morgan fingerprint density at radius 3 is 2.52 bits per heavy atom. The van der Waals surface area contributed by atoms with E-state index >= 15 is 0 Å². The van der Waals surface area contributed by atoms with Crippen molar-refractivity contribution in [3.05, 3.63) is 92.9 Å². The van der Waals surface area contributed by atoms with Gasteiger partial charge in [-0.2, -0.15) is 8.42 Å². The van der Waals surface area contributed by atoms with Crippen LogP contribution < -0.4 is 9.50 Å². The molecule has 0 radical (unpaired) electrons. The summed E-state index contributed by atoms with van der Waals surface area (Å²) in [7, 11) is -4.35. The summed E-state index contributed by atoms with van der Waals surface area (Å²) in [6.07, 6.45) is 3.34. The fourth-order valence-electron chi connectivity index (χ4n) is 3.57. The monoisotopic (exact) mass is 599 g/mol. The third kappa shape index (κ3) is 6.70. The Kier molecular flexibility index (Phi) is 8.61. The van der Waals surface area contributed by atoms with E-state index in [4.69, 9.17) is 4.18 Å². The number of rotatable bonds is 9. The lowest BCUT2D eigenvalue weighted by molar-refractivity contribution is -0.385. The molecule has 1 saturated heterocycles. The van der Waals surface area contributed by atoms with Crippen molar-refractivity contribution in [2.45, 2.75) is 16.7 Å². The maximum Gasteiger partial charge on any atom is 0.339 e. The first-order chi connectivity index (χ1) is 19.0. The zero-order valence-corrected chi connectivity index (χ0v) is 23.5. The normalized spacial score (nSPS) is 14.4. The molecule has 0 saturated carbocycles. The Balaban J connectivity index is 1.42. The predicted molar refractivity (Wildman–Crippen MR) is 152 cm³/mol.